The molecular formula is C14H16ClN3O2S. The zero-order valence-corrected chi connectivity index (χ0v) is 13.0. The molecule has 1 aliphatic rings. The van der Waals surface area contributed by atoms with Crippen LogP contribution in [0.3, 0.4) is 0 Å². The van der Waals surface area contributed by atoms with Gasteiger partial charge in [-0.15, -0.1) is 11.3 Å². The second-order valence-corrected chi connectivity index (χ2v) is 6.24. The van der Waals surface area contributed by atoms with Crippen molar-refractivity contribution in [2.75, 3.05) is 18.4 Å². The van der Waals surface area contributed by atoms with Crippen molar-refractivity contribution in [2.24, 2.45) is 0 Å². The number of hydrogen-bond donors (Lipinski definition) is 1. The van der Waals surface area contributed by atoms with E-state index in [1.165, 1.54) is 36.9 Å². The van der Waals surface area contributed by atoms with E-state index >= 15 is 0 Å². The van der Waals surface area contributed by atoms with Gasteiger partial charge in [-0.1, -0.05) is 6.42 Å². The fraction of sp³-hybridized carbons (Fsp3) is 0.429. The third-order valence-corrected chi connectivity index (χ3v) is 4.57. The number of thiazole rings is 1. The van der Waals surface area contributed by atoms with Gasteiger partial charge in [-0.2, -0.15) is 0 Å². The van der Waals surface area contributed by atoms with E-state index in [0.717, 1.165) is 25.3 Å². The minimum atomic E-state index is -0.298. The molecule has 1 fully saturated rings. The summed E-state index contributed by atoms with van der Waals surface area (Å²) in [5, 5.41) is 5.42. The van der Waals surface area contributed by atoms with Crippen LogP contribution >= 0.6 is 22.9 Å². The lowest BCUT2D eigenvalue weighted by Gasteiger charge is -2.25. The average Bonchev–Trinajstić information content (AvgIpc) is 3.09. The Morgan fingerprint density at radius 2 is 2.24 bits per heavy atom. The first-order chi connectivity index (χ1) is 10.2. The molecule has 1 N–H and O–H groups in total. The number of amides is 1. The topological polar surface area (TPSA) is 58.4 Å². The Bertz CT molecular complexity index is 619. The number of nitrogens with one attached hydrogen (secondary N) is 1. The van der Waals surface area contributed by atoms with Crippen molar-refractivity contribution in [1.29, 1.82) is 0 Å². The van der Waals surface area contributed by atoms with Crippen molar-refractivity contribution in [3.8, 4) is 0 Å². The highest BCUT2D eigenvalue weighted by Crippen LogP contribution is 2.22. The van der Waals surface area contributed by atoms with Crippen LogP contribution in [0.25, 0.3) is 0 Å². The predicted octanol–water partition coefficient (Wildman–Crippen LogP) is 3.63. The van der Waals surface area contributed by atoms with Crippen molar-refractivity contribution in [2.45, 2.75) is 25.8 Å². The van der Waals surface area contributed by atoms with Crippen LogP contribution in [0.5, 0.6) is 0 Å². The smallest absolute Gasteiger partial charge is 0.262 e. The maximum Gasteiger partial charge on any atom is 0.262 e. The number of carbonyl (C=O) groups excluding carboxylic acids is 1. The van der Waals surface area contributed by atoms with Gasteiger partial charge in [-0.05, 0) is 43.6 Å². The minimum Gasteiger partial charge on any atom is -0.452 e. The van der Waals surface area contributed by atoms with Crippen LogP contribution in [0.15, 0.2) is 22.1 Å². The van der Waals surface area contributed by atoms with Crippen LogP contribution in [0, 0.1) is 0 Å². The normalized spacial score (nSPS) is 16.0. The molecule has 2 aromatic heterocycles. The third-order valence-electron chi connectivity index (χ3n) is 3.47. The molecule has 0 radical (unpaired) electrons. The summed E-state index contributed by atoms with van der Waals surface area (Å²) in [7, 11) is 0. The maximum absolute atomic E-state index is 12.0. The largest absolute Gasteiger partial charge is 0.452 e. The Morgan fingerprint density at radius 1 is 1.43 bits per heavy atom. The summed E-state index contributed by atoms with van der Waals surface area (Å²) in [5.74, 6) is -0.298. The molecule has 3 heterocycles. The summed E-state index contributed by atoms with van der Waals surface area (Å²) in [6.45, 7) is 3.10. The lowest BCUT2D eigenvalue weighted by molar-refractivity contribution is 0.102. The molecule has 2 aromatic rings. The molecule has 21 heavy (non-hydrogen) atoms. The van der Waals surface area contributed by atoms with Gasteiger partial charge in [0.05, 0.1) is 17.5 Å². The monoisotopic (exact) mass is 325 g/mol. The van der Waals surface area contributed by atoms with Crippen LogP contribution in [0.1, 0.15) is 35.3 Å². The number of piperidine rings is 1. The van der Waals surface area contributed by atoms with Gasteiger partial charge in [0.15, 0.2) is 5.13 Å². The van der Waals surface area contributed by atoms with E-state index in [0.29, 0.717) is 10.7 Å². The number of anilines is 1. The van der Waals surface area contributed by atoms with Crippen molar-refractivity contribution in [3.05, 3.63) is 34.2 Å². The molecule has 1 aliphatic heterocycles. The van der Waals surface area contributed by atoms with Crippen LogP contribution in [0.4, 0.5) is 5.13 Å². The molecule has 0 aromatic carbocycles. The lowest BCUT2D eigenvalue weighted by atomic mass is 10.1. The molecular weight excluding hydrogens is 310 g/mol. The summed E-state index contributed by atoms with van der Waals surface area (Å²) in [6.07, 6.45) is 5.22. The third kappa shape index (κ3) is 3.64. The van der Waals surface area contributed by atoms with Crippen LogP contribution in [0.2, 0.25) is 5.22 Å². The molecule has 1 amide bonds. The van der Waals surface area contributed by atoms with E-state index in [9.17, 15) is 4.79 Å². The number of rotatable bonds is 4. The highest BCUT2D eigenvalue weighted by atomic mass is 35.5. The molecule has 0 saturated carbocycles. The van der Waals surface area contributed by atoms with Gasteiger partial charge < -0.3 is 4.42 Å². The Labute approximate surface area is 131 Å². The second-order valence-electron chi connectivity index (χ2n) is 5.04. The second kappa shape index (κ2) is 6.60. The molecule has 7 heteroatoms. The lowest BCUT2D eigenvalue weighted by Crippen LogP contribution is -2.29. The van der Waals surface area contributed by atoms with Crippen molar-refractivity contribution in [3.63, 3.8) is 0 Å². The molecule has 0 atom stereocenters. The Kier molecular flexibility index (Phi) is 4.57. The summed E-state index contributed by atoms with van der Waals surface area (Å²) in [5.41, 5.74) is 1.32. The van der Waals surface area contributed by atoms with Crippen LogP contribution in [-0.2, 0) is 6.54 Å². The number of likely N-dealkylation sites (tertiary alicyclic amines) is 1. The Hall–Kier alpha value is -1.37. The quantitative estimate of drug-likeness (QED) is 0.932. The number of carbonyl (C=O) groups is 1. The summed E-state index contributed by atoms with van der Waals surface area (Å²) >= 11 is 7.21. The number of hydrogen-bond acceptors (Lipinski definition) is 5. The SMILES string of the molecule is O=C(Nc1nc(CN2CCCCC2)cs1)c1ccoc1Cl. The Morgan fingerprint density at radius 3 is 2.95 bits per heavy atom. The molecule has 0 aliphatic carbocycles. The first-order valence-electron chi connectivity index (χ1n) is 6.93. The first-order valence-corrected chi connectivity index (χ1v) is 8.19. The van der Waals surface area contributed by atoms with Gasteiger partial charge in [-0.3, -0.25) is 15.0 Å². The number of aromatic nitrogens is 1. The van der Waals surface area contributed by atoms with Gasteiger partial charge in [0.2, 0.25) is 5.22 Å². The summed E-state index contributed by atoms with van der Waals surface area (Å²) in [4.78, 5) is 18.9. The highest BCUT2D eigenvalue weighted by molar-refractivity contribution is 7.14. The van der Waals surface area contributed by atoms with Gasteiger partial charge >= 0.3 is 0 Å². The standard InChI is InChI=1S/C14H16ClN3O2S/c15-12-11(4-7-20-12)13(19)17-14-16-10(9-21-14)8-18-5-2-1-3-6-18/h4,7,9H,1-3,5-6,8H2,(H,16,17,19). The first kappa shape index (κ1) is 14.6. The number of nitrogens with zero attached hydrogens (tertiary/aromatic N) is 2. The van der Waals surface area contributed by atoms with E-state index in [2.05, 4.69) is 15.2 Å². The van der Waals surface area contributed by atoms with Crippen LogP contribution < -0.4 is 5.32 Å². The molecule has 5 nitrogen and oxygen atoms in total. The minimum absolute atomic E-state index is 0.0950. The fourth-order valence-electron chi connectivity index (χ4n) is 2.40. The van der Waals surface area contributed by atoms with Crippen molar-refractivity contribution >= 4 is 34.0 Å². The van der Waals surface area contributed by atoms with E-state index in [1.54, 1.807) is 6.07 Å². The molecule has 112 valence electrons. The fourth-order valence-corrected chi connectivity index (χ4v) is 3.30. The highest BCUT2D eigenvalue weighted by Gasteiger charge is 2.16. The van der Waals surface area contributed by atoms with Gasteiger partial charge in [-0.25, -0.2) is 4.98 Å². The average molecular weight is 326 g/mol. The molecule has 0 unspecified atom stereocenters. The van der Waals surface area contributed by atoms with Gasteiger partial charge in [0, 0.05) is 11.9 Å². The van der Waals surface area contributed by atoms with Crippen molar-refractivity contribution in [1.82, 2.24) is 9.88 Å². The molecule has 3 rings (SSSR count). The van der Waals surface area contributed by atoms with E-state index < -0.39 is 0 Å². The molecule has 0 spiro atoms. The van der Waals surface area contributed by atoms with Crippen molar-refractivity contribution < 1.29 is 9.21 Å². The van der Waals surface area contributed by atoms with E-state index in [4.69, 9.17) is 16.0 Å². The summed E-state index contributed by atoms with van der Waals surface area (Å²) in [6, 6.07) is 1.54. The van der Waals surface area contributed by atoms with E-state index in [-0.39, 0.29) is 11.1 Å². The number of furan rings is 1. The zero-order chi connectivity index (χ0) is 14.7. The van der Waals surface area contributed by atoms with Crippen LogP contribution in [-0.4, -0.2) is 28.9 Å². The maximum atomic E-state index is 12.0. The molecule has 1 saturated heterocycles. The molecule has 0 bridgehead atoms. The Balaban J connectivity index is 1.60. The zero-order valence-electron chi connectivity index (χ0n) is 11.5. The number of halogens is 1. The van der Waals surface area contributed by atoms with Gasteiger partial charge in [0.1, 0.15) is 0 Å². The van der Waals surface area contributed by atoms with E-state index in [1.807, 2.05) is 5.38 Å². The predicted molar refractivity (Wildman–Crippen MR) is 82.9 cm³/mol. The van der Waals surface area contributed by atoms with Gasteiger partial charge in [0.25, 0.3) is 5.91 Å². The summed E-state index contributed by atoms with van der Waals surface area (Å²) < 4.78 is 4.91.